The van der Waals surface area contributed by atoms with E-state index in [0.717, 1.165) is 0 Å². The Morgan fingerprint density at radius 1 is 1.23 bits per heavy atom. The van der Waals surface area contributed by atoms with E-state index in [9.17, 15) is 0 Å². The van der Waals surface area contributed by atoms with Gasteiger partial charge in [-0.3, -0.25) is 0 Å². The van der Waals surface area contributed by atoms with Crippen LogP contribution in [0.1, 0.15) is 12.5 Å². The molecule has 0 aliphatic rings. The van der Waals surface area contributed by atoms with Crippen LogP contribution in [0.4, 0.5) is 0 Å². The van der Waals surface area contributed by atoms with Gasteiger partial charge in [0.2, 0.25) is 0 Å². The first-order valence-electron chi connectivity index (χ1n) is 4.35. The van der Waals surface area contributed by atoms with Crippen LogP contribution in [-0.4, -0.2) is 0 Å². The second-order valence-corrected chi connectivity index (χ2v) is 2.89. The van der Waals surface area contributed by atoms with Gasteiger partial charge in [-0.25, -0.2) is 0 Å². The van der Waals surface area contributed by atoms with E-state index in [-0.39, 0.29) is 0 Å². The van der Waals surface area contributed by atoms with Gasteiger partial charge in [0.15, 0.2) is 0 Å². The van der Waals surface area contributed by atoms with Gasteiger partial charge < -0.3 is 0 Å². The van der Waals surface area contributed by atoms with Crippen LogP contribution in [-0.2, 0) is 0 Å². The third kappa shape index (κ3) is 3.57. The molecule has 0 aliphatic carbocycles. The minimum absolute atomic E-state index is 1.23. The average molecular weight is 170 g/mol. The minimum atomic E-state index is 1.23. The van der Waals surface area contributed by atoms with Crippen molar-refractivity contribution in [3.8, 4) is 0 Å². The number of benzene rings is 1. The highest BCUT2D eigenvalue weighted by molar-refractivity contribution is 5.55. The van der Waals surface area contributed by atoms with E-state index in [1.807, 2.05) is 30.4 Å². The Morgan fingerprint density at radius 3 is 2.54 bits per heavy atom. The molecule has 0 unspecified atom stereocenters. The summed E-state index contributed by atoms with van der Waals surface area (Å²) in [6, 6.07) is 10.3. The van der Waals surface area contributed by atoms with Crippen LogP contribution in [0.5, 0.6) is 0 Å². The molecule has 0 atom stereocenters. The van der Waals surface area contributed by atoms with Gasteiger partial charge >= 0.3 is 0 Å². The molecular weight excluding hydrogens is 156 g/mol. The third-order valence-corrected chi connectivity index (χ3v) is 1.69. The lowest BCUT2D eigenvalue weighted by Crippen LogP contribution is -1.71. The van der Waals surface area contributed by atoms with Crippen LogP contribution in [0.2, 0.25) is 0 Å². The summed E-state index contributed by atoms with van der Waals surface area (Å²) in [5.74, 6) is 0. The fraction of sp³-hybridized carbons (Fsp3) is 0.0769. The fourth-order valence-electron chi connectivity index (χ4n) is 1.08. The van der Waals surface area contributed by atoms with Gasteiger partial charge in [-0.1, -0.05) is 66.8 Å². The molecule has 0 amide bonds. The Hall–Kier alpha value is -1.56. The quantitative estimate of drug-likeness (QED) is 0.605. The monoisotopic (exact) mass is 170 g/mol. The van der Waals surface area contributed by atoms with Gasteiger partial charge in [0, 0.05) is 0 Å². The van der Waals surface area contributed by atoms with Crippen LogP contribution >= 0.6 is 0 Å². The van der Waals surface area contributed by atoms with E-state index >= 15 is 0 Å². The zero-order valence-electron chi connectivity index (χ0n) is 7.90. The van der Waals surface area contributed by atoms with Gasteiger partial charge in [0.05, 0.1) is 0 Å². The molecule has 0 saturated heterocycles. The Balaban J connectivity index is 2.76. The van der Waals surface area contributed by atoms with Crippen LogP contribution in [0.25, 0.3) is 6.08 Å². The highest BCUT2D eigenvalue weighted by Crippen LogP contribution is 2.06. The summed E-state index contributed by atoms with van der Waals surface area (Å²) in [5.41, 5.74) is 2.46. The van der Waals surface area contributed by atoms with Gasteiger partial charge in [0.1, 0.15) is 0 Å². The molecule has 0 nitrogen and oxygen atoms in total. The first-order valence-corrected chi connectivity index (χ1v) is 4.35. The molecule has 0 aliphatic heterocycles. The van der Waals surface area contributed by atoms with Gasteiger partial charge in [-0.05, 0) is 12.5 Å². The lowest BCUT2D eigenvalue weighted by atomic mass is 10.1. The summed E-state index contributed by atoms with van der Waals surface area (Å²) < 4.78 is 0. The van der Waals surface area contributed by atoms with Crippen molar-refractivity contribution in [3.63, 3.8) is 0 Å². The molecule has 0 aromatic heterocycles. The number of allylic oxidation sites excluding steroid dienone is 4. The number of hydrogen-bond donors (Lipinski definition) is 0. The summed E-state index contributed by atoms with van der Waals surface area (Å²) in [4.78, 5) is 0. The zero-order valence-corrected chi connectivity index (χ0v) is 7.90. The topological polar surface area (TPSA) is 0 Å². The molecule has 1 aromatic rings. The molecule has 0 fully saturated rings. The molecule has 0 radical (unpaired) electrons. The molecule has 1 rings (SSSR count). The molecule has 1 aromatic carbocycles. The van der Waals surface area contributed by atoms with Crippen molar-refractivity contribution in [3.05, 3.63) is 66.3 Å². The van der Waals surface area contributed by atoms with Crippen LogP contribution in [0, 0.1) is 0 Å². The van der Waals surface area contributed by atoms with Crippen molar-refractivity contribution in [2.45, 2.75) is 6.92 Å². The van der Waals surface area contributed by atoms with Crippen molar-refractivity contribution < 1.29 is 0 Å². The molecule has 0 heterocycles. The van der Waals surface area contributed by atoms with Crippen molar-refractivity contribution in [1.82, 2.24) is 0 Å². The Bertz CT molecular complexity index is 315. The Labute approximate surface area is 79.9 Å². The molecule has 0 bridgehead atoms. The van der Waals surface area contributed by atoms with E-state index in [1.165, 1.54) is 11.1 Å². The van der Waals surface area contributed by atoms with E-state index in [2.05, 4.69) is 31.7 Å². The van der Waals surface area contributed by atoms with Gasteiger partial charge in [0.25, 0.3) is 0 Å². The normalized spacial score (nSPS) is 11.9. The average Bonchev–Trinajstić information content (AvgIpc) is 2.16. The van der Waals surface area contributed by atoms with Gasteiger partial charge in [-0.2, -0.15) is 0 Å². The van der Waals surface area contributed by atoms with Crippen molar-refractivity contribution >= 4 is 6.08 Å². The standard InChI is InChI=1S/C13H14/c1-3-4-8-12(2)11-13-9-6-5-7-10-13/h3-11H,1H2,2H3/b8-4-,12-11+. The van der Waals surface area contributed by atoms with Crippen LogP contribution in [0.3, 0.4) is 0 Å². The third-order valence-electron chi connectivity index (χ3n) is 1.69. The molecule has 66 valence electrons. The zero-order chi connectivity index (χ0) is 9.52. The Morgan fingerprint density at radius 2 is 1.92 bits per heavy atom. The summed E-state index contributed by atoms with van der Waals surface area (Å²) in [7, 11) is 0. The molecule has 0 saturated carbocycles. The highest BCUT2D eigenvalue weighted by atomic mass is 13.9. The van der Waals surface area contributed by atoms with E-state index in [0.29, 0.717) is 0 Å². The molecule has 0 heteroatoms. The van der Waals surface area contributed by atoms with Crippen molar-refractivity contribution in [2.24, 2.45) is 0 Å². The predicted molar refractivity (Wildman–Crippen MR) is 59.4 cm³/mol. The first-order chi connectivity index (χ1) is 6.33. The van der Waals surface area contributed by atoms with E-state index in [4.69, 9.17) is 0 Å². The summed E-state index contributed by atoms with van der Waals surface area (Å²) in [6.45, 7) is 5.70. The lowest BCUT2D eigenvalue weighted by Gasteiger charge is -1.93. The van der Waals surface area contributed by atoms with Crippen molar-refractivity contribution in [2.75, 3.05) is 0 Å². The maximum atomic E-state index is 3.63. The number of rotatable bonds is 3. The molecule has 13 heavy (non-hydrogen) atoms. The minimum Gasteiger partial charge on any atom is -0.0991 e. The first kappa shape index (κ1) is 9.53. The maximum Gasteiger partial charge on any atom is -0.0254 e. The molecule has 0 spiro atoms. The second-order valence-electron chi connectivity index (χ2n) is 2.89. The second kappa shape index (κ2) is 5.15. The summed E-state index contributed by atoms with van der Waals surface area (Å²) in [6.07, 6.45) is 7.90. The van der Waals surface area contributed by atoms with E-state index < -0.39 is 0 Å². The predicted octanol–water partition coefficient (Wildman–Crippen LogP) is 3.83. The Kier molecular flexibility index (Phi) is 3.77. The summed E-state index contributed by atoms with van der Waals surface area (Å²) >= 11 is 0. The van der Waals surface area contributed by atoms with Crippen molar-refractivity contribution in [1.29, 1.82) is 0 Å². The van der Waals surface area contributed by atoms with Crippen LogP contribution in [0.15, 0.2) is 60.7 Å². The fourth-order valence-corrected chi connectivity index (χ4v) is 1.08. The molecular formula is C13H14. The van der Waals surface area contributed by atoms with Gasteiger partial charge in [-0.15, -0.1) is 0 Å². The summed E-state index contributed by atoms with van der Waals surface area (Å²) in [5, 5.41) is 0. The smallest absolute Gasteiger partial charge is 0.0254 e. The maximum absolute atomic E-state index is 3.63. The highest BCUT2D eigenvalue weighted by Gasteiger charge is 1.84. The van der Waals surface area contributed by atoms with E-state index in [1.54, 1.807) is 6.08 Å². The SMILES string of the molecule is C=C/C=C\C(C)=C\c1ccccc1. The van der Waals surface area contributed by atoms with Crippen LogP contribution < -0.4 is 0 Å². The largest absolute Gasteiger partial charge is 0.0991 e. The molecule has 0 N–H and O–H groups in total. The lowest BCUT2D eigenvalue weighted by molar-refractivity contribution is 1.54. The number of hydrogen-bond acceptors (Lipinski definition) is 0.